The van der Waals surface area contributed by atoms with E-state index in [2.05, 4.69) is 44.9 Å². The van der Waals surface area contributed by atoms with E-state index in [-0.39, 0.29) is 24.0 Å². The lowest BCUT2D eigenvalue weighted by Gasteiger charge is -2.24. The van der Waals surface area contributed by atoms with Gasteiger partial charge in [-0.25, -0.2) is 4.99 Å². The van der Waals surface area contributed by atoms with Crippen LogP contribution in [-0.2, 0) is 26.7 Å². The van der Waals surface area contributed by atoms with Crippen LogP contribution in [0, 0.1) is 13.8 Å². The van der Waals surface area contributed by atoms with E-state index in [0.717, 1.165) is 40.2 Å². The highest BCUT2D eigenvalue weighted by Gasteiger charge is 2.14. The highest BCUT2D eigenvalue weighted by atomic mass is 127. The molecular weight excluding hydrogens is 539 g/mol. The van der Waals surface area contributed by atoms with Crippen LogP contribution in [0.25, 0.3) is 0 Å². The molecule has 0 atom stereocenters. The number of methoxy groups -OCH3 is 2. The van der Waals surface area contributed by atoms with Crippen molar-refractivity contribution in [3.05, 3.63) is 57.3 Å². The second kappa shape index (κ2) is 12.0. The molecule has 0 aliphatic rings. The zero-order valence-corrected chi connectivity index (χ0v) is 22.5. The zero-order chi connectivity index (χ0) is 22.4. The molecular formula is C22H31IN6O2S. The topological polar surface area (TPSA) is 76.8 Å². The molecule has 174 valence electrons. The maximum Gasteiger partial charge on any atom is 0.194 e. The normalized spacial score (nSPS) is 11.1. The van der Waals surface area contributed by atoms with Crippen molar-refractivity contribution < 1.29 is 9.47 Å². The number of nitrogens with zero attached hydrogens (tertiary/aromatic N) is 5. The minimum Gasteiger partial charge on any atom is -0.493 e. The van der Waals surface area contributed by atoms with E-state index < -0.39 is 0 Å². The number of ether oxygens (including phenoxy) is 2. The Hall–Kier alpha value is -2.34. The van der Waals surface area contributed by atoms with E-state index in [0.29, 0.717) is 19.6 Å². The zero-order valence-electron chi connectivity index (χ0n) is 19.4. The summed E-state index contributed by atoms with van der Waals surface area (Å²) >= 11 is 1.72. The maximum atomic E-state index is 5.49. The quantitative estimate of drug-likeness (QED) is 0.252. The first-order chi connectivity index (χ1) is 14.9. The van der Waals surface area contributed by atoms with Gasteiger partial charge >= 0.3 is 0 Å². The number of benzene rings is 1. The van der Waals surface area contributed by atoms with Gasteiger partial charge in [-0.3, -0.25) is 0 Å². The van der Waals surface area contributed by atoms with Crippen molar-refractivity contribution >= 4 is 41.3 Å². The molecule has 0 bridgehead atoms. The third-order valence-electron chi connectivity index (χ3n) is 5.17. The molecule has 0 aliphatic carbocycles. The van der Waals surface area contributed by atoms with Gasteiger partial charge in [0.15, 0.2) is 23.3 Å². The molecule has 3 aromatic rings. The fourth-order valence-electron chi connectivity index (χ4n) is 3.15. The fraction of sp³-hybridized carbons (Fsp3) is 0.409. The molecule has 2 aromatic heterocycles. The second-order valence-corrected chi connectivity index (χ2v) is 8.32. The summed E-state index contributed by atoms with van der Waals surface area (Å²) in [4.78, 5) is 8.18. The number of guanidine groups is 1. The van der Waals surface area contributed by atoms with E-state index >= 15 is 0 Å². The van der Waals surface area contributed by atoms with Crippen LogP contribution in [0.1, 0.15) is 27.7 Å². The van der Waals surface area contributed by atoms with Crippen molar-refractivity contribution in [3.8, 4) is 11.5 Å². The highest BCUT2D eigenvalue weighted by Crippen LogP contribution is 2.30. The van der Waals surface area contributed by atoms with Crippen molar-refractivity contribution in [3.63, 3.8) is 0 Å². The first-order valence-corrected chi connectivity index (χ1v) is 10.9. The molecule has 0 saturated carbocycles. The van der Waals surface area contributed by atoms with Crippen molar-refractivity contribution in [1.29, 1.82) is 0 Å². The van der Waals surface area contributed by atoms with E-state index in [9.17, 15) is 0 Å². The molecule has 2 heterocycles. The third-order valence-corrected chi connectivity index (χ3v) is 6.04. The van der Waals surface area contributed by atoms with Gasteiger partial charge in [0.05, 0.1) is 20.8 Å². The van der Waals surface area contributed by atoms with Crippen molar-refractivity contribution in [2.24, 2.45) is 12.0 Å². The minimum absolute atomic E-state index is 0. The van der Waals surface area contributed by atoms with Gasteiger partial charge in [-0.15, -0.1) is 45.5 Å². The number of hydrogen-bond acceptors (Lipinski definition) is 6. The Kier molecular flexibility index (Phi) is 9.76. The molecule has 0 saturated heterocycles. The first-order valence-electron chi connectivity index (χ1n) is 10.0. The van der Waals surface area contributed by atoms with Gasteiger partial charge < -0.3 is 24.3 Å². The summed E-state index contributed by atoms with van der Waals surface area (Å²) in [6, 6.07) is 8.19. The molecule has 3 rings (SSSR count). The number of aromatic nitrogens is 3. The lowest BCUT2D eigenvalue weighted by Crippen LogP contribution is -2.38. The van der Waals surface area contributed by atoms with Gasteiger partial charge in [0.1, 0.15) is 12.4 Å². The number of aryl methyl sites for hydroxylation is 2. The van der Waals surface area contributed by atoms with Crippen LogP contribution >= 0.6 is 35.3 Å². The largest absolute Gasteiger partial charge is 0.493 e. The summed E-state index contributed by atoms with van der Waals surface area (Å²) in [7, 11) is 7.28. The van der Waals surface area contributed by atoms with Gasteiger partial charge in [-0.1, -0.05) is 6.07 Å². The smallest absolute Gasteiger partial charge is 0.194 e. The van der Waals surface area contributed by atoms with Crippen LogP contribution in [-0.4, -0.2) is 46.9 Å². The Bertz CT molecular complexity index is 1040. The highest BCUT2D eigenvalue weighted by molar-refractivity contribution is 14.0. The number of halogens is 1. The predicted octanol–water partition coefficient (Wildman–Crippen LogP) is 3.91. The molecule has 0 unspecified atom stereocenters. The molecule has 0 spiro atoms. The number of thiophene rings is 1. The summed E-state index contributed by atoms with van der Waals surface area (Å²) in [5.41, 5.74) is 2.27. The first kappa shape index (κ1) is 25.9. The Morgan fingerprint density at radius 3 is 2.50 bits per heavy atom. The SMILES string of the molecule is COc1cc(C)c(CN(C)C(=NCc2nnc(C)n2C)NCc2cccs2)cc1OC.I. The van der Waals surface area contributed by atoms with Crippen LogP contribution in [0.3, 0.4) is 0 Å². The van der Waals surface area contributed by atoms with Gasteiger partial charge in [-0.05, 0) is 48.6 Å². The Balaban J connectivity index is 0.00000363. The number of nitrogens with one attached hydrogen (secondary N) is 1. The summed E-state index contributed by atoms with van der Waals surface area (Å²) in [5.74, 6) is 3.93. The van der Waals surface area contributed by atoms with Crippen LogP contribution < -0.4 is 14.8 Å². The summed E-state index contributed by atoms with van der Waals surface area (Å²) < 4.78 is 12.9. The molecule has 1 N–H and O–H groups in total. The van der Waals surface area contributed by atoms with Crippen molar-refractivity contribution in [2.75, 3.05) is 21.3 Å². The van der Waals surface area contributed by atoms with Crippen molar-refractivity contribution in [2.45, 2.75) is 33.5 Å². The summed E-state index contributed by atoms with van der Waals surface area (Å²) in [5, 5.41) is 13.9. The van der Waals surface area contributed by atoms with E-state index in [1.165, 1.54) is 4.88 Å². The van der Waals surface area contributed by atoms with E-state index in [1.54, 1.807) is 25.6 Å². The maximum absolute atomic E-state index is 5.49. The van der Waals surface area contributed by atoms with Gasteiger partial charge in [0.25, 0.3) is 0 Å². The lowest BCUT2D eigenvalue weighted by molar-refractivity contribution is 0.353. The summed E-state index contributed by atoms with van der Waals surface area (Å²) in [6.07, 6.45) is 0. The standard InChI is InChI=1S/C22H30N6O2S.HI/c1-15-10-19(29-5)20(30-6)11-17(15)14-27(3)22(23-12-18-8-7-9-31-18)24-13-21-26-25-16(2)28(21)4;/h7-11H,12-14H2,1-6H3,(H,23,24);1H. The monoisotopic (exact) mass is 570 g/mol. The Morgan fingerprint density at radius 2 is 1.91 bits per heavy atom. The van der Waals surface area contributed by atoms with E-state index in [4.69, 9.17) is 14.5 Å². The van der Waals surface area contributed by atoms with Crippen LogP contribution in [0.15, 0.2) is 34.6 Å². The molecule has 10 heteroatoms. The number of hydrogen-bond donors (Lipinski definition) is 1. The average Bonchev–Trinajstić information content (AvgIpc) is 3.39. The van der Waals surface area contributed by atoms with Crippen LogP contribution in [0.5, 0.6) is 11.5 Å². The lowest BCUT2D eigenvalue weighted by atomic mass is 10.1. The molecule has 0 fully saturated rings. The second-order valence-electron chi connectivity index (χ2n) is 7.28. The molecule has 8 nitrogen and oxygen atoms in total. The van der Waals surface area contributed by atoms with Gasteiger partial charge in [0.2, 0.25) is 0 Å². The third kappa shape index (κ3) is 6.35. The predicted molar refractivity (Wildman–Crippen MR) is 139 cm³/mol. The van der Waals surface area contributed by atoms with Crippen LogP contribution in [0.4, 0.5) is 0 Å². The molecule has 0 aliphatic heterocycles. The molecule has 0 radical (unpaired) electrons. The minimum atomic E-state index is 0. The van der Waals surface area contributed by atoms with Crippen LogP contribution in [0.2, 0.25) is 0 Å². The number of rotatable bonds is 8. The summed E-state index contributed by atoms with van der Waals surface area (Å²) in [6.45, 7) is 5.83. The Labute approximate surface area is 210 Å². The van der Waals surface area contributed by atoms with Gasteiger partial charge in [-0.2, -0.15) is 0 Å². The average molecular weight is 571 g/mol. The molecule has 0 amide bonds. The van der Waals surface area contributed by atoms with E-state index in [1.807, 2.05) is 37.7 Å². The number of aliphatic imine (C=N–C) groups is 1. The molecule has 1 aromatic carbocycles. The van der Waals surface area contributed by atoms with Gasteiger partial charge in [0, 0.05) is 25.5 Å². The molecule has 32 heavy (non-hydrogen) atoms. The van der Waals surface area contributed by atoms with Crippen molar-refractivity contribution in [1.82, 2.24) is 25.0 Å². The fourth-order valence-corrected chi connectivity index (χ4v) is 3.79. The Morgan fingerprint density at radius 1 is 1.19 bits per heavy atom.